The van der Waals surface area contributed by atoms with E-state index in [0.29, 0.717) is 25.7 Å². The summed E-state index contributed by atoms with van der Waals surface area (Å²) in [4.78, 5) is 12.6. The molecule has 3 heterocycles. The molecule has 14 nitrogen and oxygen atoms in total. The van der Waals surface area contributed by atoms with Crippen molar-refractivity contribution in [3.8, 4) is 0 Å². The second-order valence-corrected chi connectivity index (χ2v) is 16.8. The third-order valence-electron chi connectivity index (χ3n) is 11.4. The van der Waals surface area contributed by atoms with Crippen LogP contribution in [-0.2, 0) is 23.7 Å². The molecule has 0 aromatic rings. The average Bonchev–Trinajstić information content (AvgIpc) is 3.17. The largest absolute Gasteiger partial charge is 0.462 e. The number of esters is 1. The molecule has 340 valence electrons. The van der Waals surface area contributed by atoms with E-state index in [1.165, 1.54) is 0 Å². The van der Waals surface area contributed by atoms with Crippen LogP contribution in [0.25, 0.3) is 0 Å². The van der Waals surface area contributed by atoms with Gasteiger partial charge >= 0.3 is 5.97 Å². The molecular weight excluding hydrogens is 775 g/mol. The molecule has 0 aromatic carbocycles. The Balaban J connectivity index is 1.73. The predicted molar refractivity (Wildman–Crippen MR) is 228 cm³/mol. The zero-order valence-corrected chi connectivity index (χ0v) is 35.7. The molecule has 0 amide bonds. The van der Waals surface area contributed by atoms with E-state index in [9.17, 15) is 45.6 Å². The Kier molecular flexibility index (Phi) is 22.8. The number of nitrogens with two attached hydrogens (primary N) is 1. The summed E-state index contributed by atoms with van der Waals surface area (Å²) in [7, 11) is 0. The SMILES string of the molecule is CC1OC(O[C@H]2C=CC=CC=CC=CC=CC=CC=C[C@H](C)[C@@H](O)[C@@H](C)[C@H](C)OC(=O)C[C@H](O)CCC[C@H](O)CCC[C@H](O)C[C@]3(O)C[C@H](O)CC(C2)O3)C(O)C(N)C1O. The summed E-state index contributed by atoms with van der Waals surface area (Å²) in [5, 5.41) is 86.1. The summed E-state index contributed by atoms with van der Waals surface area (Å²) in [6, 6.07) is -1.00. The second-order valence-electron chi connectivity index (χ2n) is 16.8. The van der Waals surface area contributed by atoms with Gasteiger partial charge in [-0.1, -0.05) is 98.9 Å². The summed E-state index contributed by atoms with van der Waals surface area (Å²) >= 11 is 0. The maximum atomic E-state index is 12.6. The van der Waals surface area contributed by atoms with Gasteiger partial charge in [0.1, 0.15) is 12.2 Å². The number of cyclic esters (lactones) is 1. The first-order valence-electron chi connectivity index (χ1n) is 21.6. The lowest BCUT2D eigenvalue weighted by atomic mass is 9.89. The minimum absolute atomic E-state index is 0.110. The van der Waals surface area contributed by atoms with Crippen LogP contribution in [0.15, 0.2) is 85.1 Å². The molecule has 3 rings (SSSR count). The maximum Gasteiger partial charge on any atom is 0.308 e. The van der Waals surface area contributed by atoms with E-state index in [4.69, 9.17) is 24.7 Å². The molecule has 14 heteroatoms. The van der Waals surface area contributed by atoms with Crippen molar-refractivity contribution in [2.45, 2.75) is 184 Å². The van der Waals surface area contributed by atoms with Crippen LogP contribution in [0.3, 0.4) is 0 Å². The molecule has 6 unspecified atom stereocenters. The van der Waals surface area contributed by atoms with Crippen LogP contribution in [-0.4, -0.2) is 132 Å². The molecule has 3 aliphatic heterocycles. The van der Waals surface area contributed by atoms with Crippen molar-refractivity contribution < 1.29 is 64.6 Å². The van der Waals surface area contributed by atoms with Crippen LogP contribution in [0.5, 0.6) is 0 Å². The van der Waals surface area contributed by atoms with Gasteiger partial charge in [-0.15, -0.1) is 0 Å². The van der Waals surface area contributed by atoms with Gasteiger partial charge in [-0.05, 0) is 58.8 Å². The third kappa shape index (κ3) is 18.6. The van der Waals surface area contributed by atoms with Gasteiger partial charge < -0.3 is 65.5 Å². The van der Waals surface area contributed by atoms with Gasteiger partial charge in [-0.25, -0.2) is 0 Å². The highest BCUT2D eigenvalue weighted by Crippen LogP contribution is 2.35. The highest BCUT2D eigenvalue weighted by molar-refractivity contribution is 5.70. The molecule has 2 bridgehead atoms. The van der Waals surface area contributed by atoms with Crippen LogP contribution < -0.4 is 5.73 Å². The van der Waals surface area contributed by atoms with Crippen LogP contribution >= 0.6 is 0 Å². The van der Waals surface area contributed by atoms with Crippen molar-refractivity contribution in [2.75, 3.05) is 0 Å². The van der Waals surface area contributed by atoms with Gasteiger partial charge in [0.2, 0.25) is 0 Å². The molecule has 0 aliphatic carbocycles. The Morgan fingerprint density at radius 2 is 1.15 bits per heavy atom. The number of rotatable bonds is 2. The van der Waals surface area contributed by atoms with Gasteiger partial charge in [-0.2, -0.15) is 0 Å². The number of fused-ring (bicyclic) bond motifs is 2. The number of carbonyl (C=O) groups is 1. The normalized spacial score (nSPS) is 40.9. The second kappa shape index (κ2) is 26.6. The lowest BCUT2D eigenvalue weighted by Gasteiger charge is -2.43. The zero-order chi connectivity index (χ0) is 44.2. The summed E-state index contributed by atoms with van der Waals surface area (Å²) < 4.78 is 23.6. The van der Waals surface area contributed by atoms with Crippen LogP contribution in [0, 0.1) is 11.8 Å². The molecule has 0 radical (unpaired) electrons. The quantitative estimate of drug-likeness (QED) is 0.181. The van der Waals surface area contributed by atoms with Gasteiger partial charge in [0.25, 0.3) is 0 Å². The standard InChI is InChI=1S/C46H73NO13/c1-30-19-15-13-11-9-7-5-6-8-10-12-14-16-24-38(59-45-44(55)41(47)43(54)33(4)58-45)27-39-25-37(51)29-46(56,60-39)28-36(50)23-18-21-34(48)20-17-22-35(49)26-40(52)57-32(3)31(2)42(30)53/h5-16,19,24,30-39,41-45,48-51,53-56H,17-18,20-23,25-29,47H2,1-4H3/t30-,31-,32-,33?,34-,35+,36-,37+,38-,39?,41?,42+,43?,44?,45?,46+/m0/s1. The van der Waals surface area contributed by atoms with E-state index in [0.717, 1.165) is 0 Å². The fraction of sp³-hybridized carbons (Fsp3) is 0.674. The van der Waals surface area contributed by atoms with Crippen LogP contribution in [0.4, 0.5) is 0 Å². The number of carbonyl (C=O) groups excluding carboxylic acids is 1. The Morgan fingerprint density at radius 3 is 1.75 bits per heavy atom. The molecule has 0 aromatic heterocycles. The molecular formula is C46H73NO13. The number of ether oxygens (including phenoxy) is 4. The predicted octanol–water partition coefficient (Wildman–Crippen LogP) is 3.46. The lowest BCUT2D eigenvalue weighted by Crippen LogP contribution is -2.61. The van der Waals surface area contributed by atoms with Crippen molar-refractivity contribution in [3.63, 3.8) is 0 Å². The molecule has 0 saturated carbocycles. The Bertz CT molecular complexity index is 1460. The minimum Gasteiger partial charge on any atom is -0.462 e. The van der Waals surface area contributed by atoms with Crippen molar-refractivity contribution in [1.82, 2.24) is 0 Å². The summed E-state index contributed by atoms with van der Waals surface area (Å²) in [6.45, 7) is 7.05. The first kappa shape index (κ1) is 51.5. The van der Waals surface area contributed by atoms with Crippen molar-refractivity contribution in [3.05, 3.63) is 85.1 Å². The molecule has 2 saturated heterocycles. The number of hydrogen-bond acceptors (Lipinski definition) is 14. The molecule has 2 fully saturated rings. The summed E-state index contributed by atoms with van der Waals surface area (Å²) in [5.74, 6) is -2.95. The highest BCUT2D eigenvalue weighted by Gasteiger charge is 2.44. The molecule has 10 N–H and O–H groups in total. The van der Waals surface area contributed by atoms with Gasteiger partial charge in [-0.3, -0.25) is 4.79 Å². The van der Waals surface area contributed by atoms with E-state index in [2.05, 4.69) is 0 Å². The highest BCUT2D eigenvalue weighted by atomic mass is 16.7. The van der Waals surface area contributed by atoms with Gasteiger partial charge in [0.15, 0.2) is 12.1 Å². The van der Waals surface area contributed by atoms with E-state index in [-0.39, 0.29) is 56.8 Å². The number of aliphatic hydroxyl groups is 8. The summed E-state index contributed by atoms with van der Waals surface area (Å²) in [5.41, 5.74) is 6.05. The average molecular weight is 848 g/mol. The first-order valence-corrected chi connectivity index (χ1v) is 21.6. The molecule has 3 aliphatic rings. The topological polar surface area (TPSA) is 242 Å². The van der Waals surface area contributed by atoms with E-state index >= 15 is 0 Å². The van der Waals surface area contributed by atoms with E-state index in [1.807, 2.05) is 80.7 Å². The Morgan fingerprint density at radius 1 is 0.633 bits per heavy atom. The molecule has 16 atom stereocenters. The number of aliphatic hydroxyl groups excluding tert-OH is 7. The molecule has 0 spiro atoms. The fourth-order valence-electron chi connectivity index (χ4n) is 7.62. The fourth-order valence-corrected chi connectivity index (χ4v) is 7.62. The lowest BCUT2D eigenvalue weighted by molar-refractivity contribution is -0.297. The smallest absolute Gasteiger partial charge is 0.308 e. The maximum absolute atomic E-state index is 12.6. The number of allylic oxidation sites excluding steroid dienone is 12. The van der Waals surface area contributed by atoms with E-state index < -0.39 is 91.2 Å². The summed E-state index contributed by atoms with van der Waals surface area (Å²) in [6.07, 6.45) is 17.1. The van der Waals surface area contributed by atoms with Crippen LogP contribution in [0.1, 0.15) is 98.3 Å². The first-order chi connectivity index (χ1) is 28.5. The Hall–Kier alpha value is -2.83. The number of hydrogen-bond donors (Lipinski definition) is 9. The minimum atomic E-state index is -1.84. The van der Waals surface area contributed by atoms with Crippen molar-refractivity contribution in [1.29, 1.82) is 0 Å². The monoisotopic (exact) mass is 848 g/mol. The van der Waals surface area contributed by atoms with Crippen molar-refractivity contribution in [2.24, 2.45) is 17.6 Å². The van der Waals surface area contributed by atoms with Gasteiger partial charge in [0.05, 0.1) is 67.4 Å². The van der Waals surface area contributed by atoms with E-state index in [1.54, 1.807) is 32.1 Å². The van der Waals surface area contributed by atoms with Gasteiger partial charge in [0, 0.05) is 31.1 Å². The van der Waals surface area contributed by atoms with Crippen LogP contribution in [0.2, 0.25) is 0 Å². The Labute approximate surface area is 356 Å². The van der Waals surface area contributed by atoms with Crippen molar-refractivity contribution >= 4 is 5.97 Å². The molecule has 60 heavy (non-hydrogen) atoms. The zero-order valence-electron chi connectivity index (χ0n) is 35.7. The third-order valence-corrected chi connectivity index (χ3v) is 11.4.